The third-order valence-corrected chi connectivity index (χ3v) is 6.10. The van der Waals surface area contributed by atoms with E-state index in [1.54, 1.807) is 7.05 Å². The van der Waals surface area contributed by atoms with Gasteiger partial charge in [-0.25, -0.2) is 0 Å². The first kappa shape index (κ1) is 25.4. The molecule has 174 valence electrons. The second kappa shape index (κ2) is 11.7. The number of nitrogens with zero attached hydrogens (tertiary/aromatic N) is 4. The van der Waals surface area contributed by atoms with Crippen LogP contribution in [0.3, 0.4) is 0 Å². The van der Waals surface area contributed by atoms with Gasteiger partial charge in [-0.15, -0.1) is 24.0 Å². The second-order valence-electron chi connectivity index (χ2n) is 8.27. The number of rotatable bonds is 6. The summed E-state index contributed by atoms with van der Waals surface area (Å²) in [5.41, 5.74) is 0. The number of piperazine rings is 1. The molecule has 1 atom stereocenters. The molecule has 2 N–H and O–H groups in total. The minimum absolute atomic E-state index is 0. The fourth-order valence-electron chi connectivity index (χ4n) is 4.17. The van der Waals surface area contributed by atoms with Gasteiger partial charge in [0.05, 0.1) is 6.54 Å². The van der Waals surface area contributed by atoms with Crippen LogP contribution in [0, 0.1) is 5.92 Å². The van der Waals surface area contributed by atoms with Crippen LogP contribution < -0.4 is 10.6 Å². The Morgan fingerprint density at radius 3 is 2.33 bits per heavy atom. The van der Waals surface area contributed by atoms with Crippen molar-refractivity contribution in [1.29, 1.82) is 0 Å². The van der Waals surface area contributed by atoms with Crippen molar-refractivity contribution < 1.29 is 18.0 Å². The Bertz CT molecular complexity index is 579. The fraction of sp³-hybridized carbons (Fsp3) is 0.895. The third kappa shape index (κ3) is 7.70. The van der Waals surface area contributed by atoms with Crippen molar-refractivity contribution in [2.75, 3.05) is 66.0 Å². The van der Waals surface area contributed by atoms with E-state index in [1.807, 2.05) is 4.90 Å². The number of hydrogen-bond donors (Lipinski definition) is 2. The molecular weight excluding hydrogens is 512 g/mol. The standard InChI is InChI=1S/C19H33F3N6O.HI/c1-23-18(25-16-5-7-27(13-16)14-19(20,21)22)24-6-8-26-9-11-28(12-10-26)17(29)15-3-2-4-15;/h15-16H,2-14H2,1H3,(H2,23,24,25);1H. The van der Waals surface area contributed by atoms with Gasteiger partial charge >= 0.3 is 6.18 Å². The summed E-state index contributed by atoms with van der Waals surface area (Å²) in [5, 5.41) is 6.48. The normalized spacial score (nSPS) is 24.3. The monoisotopic (exact) mass is 546 g/mol. The van der Waals surface area contributed by atoms with Crippen LogP contribution in [0.5, 0.6) is 0 Å². The zero-order chi connectivity index (χ0) is 20.9. The van der Waals surface area contributed by atoms with Gasteiger partial charge < -0.3 is 15.5 Å². The molecule has 2 heterocycles. The Balaban J connectivity index is 0.00000320. The number of alkyl halides is 3. The van der Waals surface area contributed by atoms with Crippen molar-refractivity contribution in [3.05, 3.63) is 0 Å². The highest BCUT2D eigenvalue weighted by Crippen LogP contribution is 2.28. The molecule has 1 amide bonds. The van der Waals surface area contributed by atoms with Gasteiger partial charge in [0.25, 0.3) is 0 Å². The van der Waals surface area contributed by atoms with Crippen LogP contribution in [0.4, 0.5) is 13.2 Å². The topological polar surface area (TPSA) is 63.2 Å². The van der Waals surface area contributed by atoms with Crippen LogP contribution >= 0.6 is 24.0 Å². The Hall–Kier alpha value is -0.820. The molecule has 3 aliphatic rings. The number of likely N-dealkylation sites (tertiary alicyclic amines) is 1. The van der Waals surface area contributed by atoms with E-state index in [0.717, 1.165) is 45.6 Å². The van der Waals surface area contributed by atoms with Gasteiger partial charge in [-0.3, -0.25) is 19.6 Å². The van der Waals surface area contributed by atoms with Gasteiger partial charge in [0.2, 0.25) is 5.91 Å². The third-order valence-electron chi connectivity index (χ3n) is 6.10. The summed E-state index contributed by atoms with van der Waals surface area (Å²) in [6.07, 6.45) is -0.207. The highest BCUT2D eigenvalue weighted by Gasteiger charge is 2.34. The number of carbonyl (C=O) groups excluding carboxylic acids is 1. The Morgan fingerprint density at radius 2 is 1.77 bits per heavy atom. The van der Waals surface area contributed by atoms with Crippen molar-refractivity contribution in [2.24, 2.45) is 10.9 Å². The molecule has 1 aliphatic carbocycles. The van der Waals surface area contributed by atoms with Crippen LogP contribution in [0.2, 0.25) is 0 Å². The molecule has 0 aromatic heterocycles. The van der Waals surface area contributed by atoms with Crippen molar-refractivity contribution in [2.45, 2.75) is 37.9 Å². The summed E-state index contributed by atoms with van der Waals surface area (Å²) < 4.78 is 37.5. The molecule has 0 spiro atoms. The average molecular weight is 546 g/mol. The molecular formula is C19H34F3IN6O. The zero-order valence-corrected chi connectivity index (χ0v) is 19.9. The van der Waals surface area contributed by atoms with Gasteiger partial charge in [-0.1, -0.05) is 6.42 Å². The quantitative estimate of drug-likeness (QED) is 0.300. The van der Waals surface area contributed by atoms with E-state index in [4.69, 9.17) is 0 Å². The summed E-state index contributed by atoms with van der Waals surface area (Å²) >= 11 is 0. The molecule has 1 saturated carbocycles. The summed E-state index contributed by atoms with van der Waals surface area (Å²) in [5.74, 6) is 1.22. The smallest absolute Gasteiger partial charge is 0.355 e. The Labute approximate surface area is 193 Å². The van der Waals surface area contributed by atoms with Gasteiger partial charge in [-0.2, -0.15) is 13.2 Å². The van der Waals surface area contributed by atoms with Gasteiger partial charge in [-0.05, 0) is 19.3 Å². The molecule has 0 radical (unpaired) electrons. The van der Waals surface area contributed by atoms with E-state index in [2.05, 4.69) is 20.5 Å². The molecule has 3 fully saturated rings. The highest BCUT2D eigenvalue weighted by molar-refractivity contribution is 14.0. The van der Waals surface area contributed by atoms with E-state index in [1.165, 1.54) is 11.3 Å². The first-order valence-electron chi connectivity index (χ1n) is 10.6. The maximum Gasteiger partial charge on any atom is 0.401 e. The molecule has 0 aromatic carbocycles. The van der Waals surface area contributed by atoms with Gasteiger partial charge in [0.15, 0.2) is 5.96 Å². The average Bonchev–Trinajstić information content (AvgIpc) is 3.04. The maximum absolute atomic E-state index is 12.5. The van der Waals surface area contributed by atoms with E-state index in [9.17, 15) is 18.0 Å². The van der Waals surface area contributed by atoms with Crippen molar-refractivity contribution in [3.63, 3.8) is 0 Å². The molecule has 11 heteroatoms. The number of halogens is 4. The predicted molar refractivity (Wildman–Crippen MR) is 121 cm³/mol. The first-order valence-corrected chi connectivity index (χ1v) is 10.6. The van der Waals surface area contributed by atoms with Gasteiger partial charge in [0.1, 0.15) is 0 Å². The maximum atomic E-state index is 12.5. The minimum Gasteiger partial charge on any atom is -0.355 e. The number of carbonyl (C=O) groups is 1. The van der Waals surface area contributed by atoms with E-state index < -0.39 is 12.7 Å². The van der Waals surface area contributed by atoms with Gasteiger partial charge in [0, 0.05) is 71.4 Å². The summed E-state index contributed by atoms with van der Waals surface area (Å²) in [6.45, 7) is 4.84. The molecule has 30 heavy (non-hydrogen) atoms. The lowest BCUT2D eigenvalue weighted by atomic mass is 9.84. The molecule has 0 bridgehead atoms. The van der Waals surface area contributed by atoms with Crippen molar-refractivity contribution in [3.8, 4) is 0 Å². The lowest BCUT2D eigenvalue weighted by Gasteiger charge is -2.38. The Morgan fingerprint density at radius 1 is 1.07 bits per heavy atom. The van der Waals surface area contributed by atoms with Crippen LogP contribution in [0.25, 0.3) is 0 Å². The minimum atomic E-state index is -4.15. The number of guanidine groups is 1. The van der Waals surface area contributed by atoms with Crippen LogP contribution in [0.1, 0.15) is 25.7 Å². The molecule has 2 saturated heterocycles. The number of nitrogens with one attached hydrogen (secondary N) is 2. The summed E-state index contributed by atoms with van der Waals surface area (Å²) in [7, 11) is 1.67. The SMILES string of the molecule is CN=C(NCCN1CCN(C(=O)C2CCC2)CC1)NC1CCN(CC(F)(F)F)C1.I. The molecule has 1 unspecified atom stereocenters. The Kier molecular flexibility index (Phi) is 9.92. The largest absolute Gasteiger partial charge is 0.401 e. The van der Waals surface area contributed by atoms with Crippen LogP contribution in [0.15, 0.2) is 4.99 Å². The fourth-order valence-corrected chi connectivity index (χ4v) is 4.17. The molecule has 0 aromatic rings. The lowest BCUT2D eigenvalue weighted by Crippen LogP contribution is -2.53. The molecule has 3 rings (SSSR count). The highest BCUT2D eigenvalue weighted by atomic mass is 127. The zero-order valence-electron chi connectivity index (χ0n) is 17.6. The van der Waals surface area contributed by atoms with E-state index in [-0.39, 0.29) is 35.9 Å². The molecule has 7 nitrogen and oxygen atoms in total. The van der Waals surface area contributed by atoms with Crippen LogP contribution in [-0.4, -0.2) is 105 Å². The van der Waals surface area contributed by atoms with Crippen molar-refractivity contribution >= 4 is 35.8 Å². The van der Waals surface area contributed by atoms with Crippen LogP contribution in [-0.2, 0) is 4.79 Å². The van der Waals surface area contributed by atoms with E-state index >= 15 is 0 Å². The summed E-state index contributed by atoms with van der Waals surface area (Å²) in [6, 6.07) is -0.0235. The second-order valence-corrected chi connectivity index (χ2v) is 8.27. The first-order chi connectivity index (χ1) is 13.8. The van der Waals surface area contributed by atoms with Crippen molar-refractivity contribution in [1.82, 2.24) is 25.3 Å². The molecule has 2 aliphatic heterocycles. The number of aliphatic imine (C=N–C) groups is 1. The van der Waals surface area contributed by atoms with E-state index in [0.29, 0.717) is 37.9 Å². The lowest BCUT2D eigenvalue weighted by molar-refractivity contribution is -0.143. The number of hydrogen-bond acceptors (Lipinski definition) is 4. The number of amides is 1. The summed E-state index contributed by atoms with van der Waals surface area (Å²) in [4.78, 5) is 22.2. The predicted octanol–water partition coefficient (Wildman–Crippen LogP) is 1.35.